The number of carbonyl (C=O) groups excluding carboxylic acids is 1. The van der Waals surface area contributed by atoms with E-state index in [9.17, 15) is 4.79 Å². The lowest BCUT2D eigenvalue weighted by Crippen LogP contribution is -2.22. The fourth-order valence-corrected chi connectivity index (χ4v) is 2.55. The molecule has 4 nitrogen and oxygen atoms in total. The highest BCUT2D eigenvalue weighted by Gasteiger charge is 2.14. The predicted molar refractivity (Wildman–Crippen MR) is 80.2 cm³/mol. The van der Waals surface area contributed by atoms with Gasteiger partial charge in [0, 0.05) is 22.2 Å². The molecule has 0 radical (unpaired) electrons. The van der Waals surface area contributed by atoms with Gasteiger partial charge in [0.05, 0.1) is 0 Å². The summed E-state index contributed by atoms with van der Waals surface area (Å²) in [6.45, 7) is 0.603. The fraction of sp³-hybridized carbons (Fsp3) is 0.133. The molecule has 0 unspecified atom stereocenters. The summed E-state index contributed by atoms with van der Waals surface area (Å²) in [7, 11) is 0. The molecular weight excluding hydrogens is 313 g/mol. The van der Waals surface area contributed by atoms with Crippen LogP contribution in [0.1, 0.15) is 15.9 Å². The quantitative estimate of drug-likeness (QED) is 0.937. The van der Waals surface area contributed by atoms with Gasteiger partial charge in [0.1, 0.15) is 0 Å². The number of ether oxygens (including phenoxy) is 2. The number of rotatable bonds is 3. The number of carbonyl (C=O) groups is 1. The fourth-order valence-electron chi connectivity index (χ4n) is 2.02. The molecule has 1 amide bonds. The Morgan fingerprint density at radius 3 is 2.52 bits per heavy atom. The van der Waals surface area contributed by atoms with Crippen molar-refractivity contribution in [3.05, 3.63) is 57.6 Å². The van der Waals surface area contributed by atoms with Gasteiger partial charge in [-0.25, -0.2) is 0 Å². The summed E-state index contributed by atoms with van der Waals surface area (Å²) in [5, 5.41) is 3.66. The van der Waals surface area contributed by atoms with Gasteiger partial charge in [-0.05, 0) is 35.9 Å². The SMILES string of the molecule is O=C(NCc1ccc2c(c1)OCO2)c1cc(Cl)cc(Cl)c1. The monoisotopic (exact) mass is 323 g/mol. The Morgan fingerprint density at radius 2 is 1.76 bits per heavy atom. The third-order valence-electron chi connectivity index (χ3n) is 3.01. The number of fused-ring (bicyclic) bond motifs is 1. The van der Waals surface area contributed by atoms with E-state index < -0.39 is 0 Å². The topological polar surface area (TPSA) is 47.6 Å². The van der Waals surface area contributed by atoms with Crippen LogP contribution in [0.15, 0.2) is 36.4 Å². The van der Waals surface area contributed by atoms with Crippen molar-refractivity contribution in [1.82, 2.24) is 5.32 Å². The molecule has 108 valence electrons. The predicted octanol–water partition coefficient (Wildman–Crippen LogP) is 3.65. The maximum absolute atomic E-state index is 12.1. The van der Waals surface area contributed by atoms with E-state index in [0.29, 0.717) is 33.7 Å². The van der Waals surface area contributed by atoms with Crippen LogP contribution in [0.3, 0.4) is 0 Å². The molecule has 1 aliphatic heterocycles. The zero-order valence-corrected chi connectivity index (χ0v) is 12.4. The Morgan fingerprint density at radius 1 is 1.05 bits per heavy atom. The van der Waals surface area contributed by atoms with E-state index in [-0.39, 0.29) is 12.7 Å². The molecule has 0 atom stereocenters. The van der Waals surface area contributed by atoms with Crippen LogP contribution in [0.5, 0.6) is 11.5 Å². The van der Waals surface area contributed by atoms with Gasteiger partial charge in [-0.2, -0.15) is 0 Å². The maximum atomic E-state index is 12.1. The molecule has 1 N–H and O–H groups in total. The Balaban J connectivity index is 1.68. The second-order valence-corrected chi connectivity index (χ2v) is 5.40. The van der Waals surface area contributed by atoms with Crippen molar-refractivity contribution in [2.45, 2.75) is 6.54 Å². The van der Waals surface area contributed by atoms with Crippen molar-refractivity contribution < 1.29 is 14.3 Å². The lowest BCUT2D eigenvalue weighted by molar-refractivity contribution is 0.0951. The first-order valence-electron chi connectivity index (χ1n) is 6.24. The van der Waals surface area contributed by atoms with Gasteiger partial charge in [-0.1, -0.05) is 29.3 Å². The molecule has 0 aliphatic carbocycles. The minimum atomic E-state index is -0.239. The minimum Gasteiger partial charge on any atom is -0.454 e. The molecule has 0 spiro atoms. The Kier molecular flexibility index (Phi) is 3.90. The molecule has 0 bridgehead atoms. The lowest BCUT2D eigenvalue weighted by atomic mass is 10.1. The van der Waals surface area contributed by atoms with Crippen LogP contribution >= 0.6 is 23.2 Å². The first-order valence-corrected chi connectivity index (χ1v) is 7.00. The molecule has 2 aromatic rings. The highest BCUT2D eigenvalue weighted by molar-refractivity contribution is 6.35. The highest BCUT2D eigenvalue weighted by atomic mass is 35.5. The number of halogens is 2. The largest absolute Gasteiger partial charge is 0.454 e. The van der Waals surface area contributed by atoms with Crippen LogP contribution in [0, 0.1) is 0 Å². The third-order valence-corrected chi connectivity index (χ3v) is 3.45. The average molecular weight is 324 g/mol. The molecule has 0 saturated carbocycles. The summed E-state index contributed by atoms with van der Waals surface area (Å²) in [5.74, 6) is 1.16. The van der Waals surface area contributed by atoms with Crippen molar-refractivity contribution in [1.29, 1.82) is 0 Å². The Labute approximate surface area is 131 Å². The maximum Gasteiger partial charge on any atom is 0.251 e. The smallest absolute Gasteiger partial charge is 0.251 e. The van der Waals surface area contributed by atoms with Crippen molar-refractivity contribution in [2.24, 2.45) is 0 Å². The molecule has 3 rings (SSSR count). The van der Waals surface area contributed by atoms with Crippen LogP contribution in [0.25, 0.3) is 0 Å². The highest BCUT2D eigenvalue weighted by Crippen LogP contribution is 2.32. The van der Waals surface area contributed by atoms with Gasteiger partial charge < -0.3 is 14.8 Å². The number of benzene rings is 2. The van der Waals surface area contributed by atoms with Gasteiger partial charge in [-0.15, -0.1) is 0 Å². The van der Waals surface area contributed by atoms with Gasteiger partial charge in [-0.3, -0.25) is 4.79 Å². The standard InChI is InChI=1S/C15H11Cl2NO3/c16-11-4-10(5-12(17)6-11)15(19)18-7-9-1-2-13-14(3-9)21-8-20-13/h1-6H,7-8H2,(H,18,19). The summed E-state index contributed by atoms with van der Waals surface area (Å²) in [6, 6.07) is 10.3. The Hall–Kier alpha value is -1.91. The van der Waals surface area contributed by atoms with Crippen LogP contribution in [0.2, 0.25) is 10.0 Å². The summed E-state index contributed by atoms with van der Waals surface area (Å²) < 4.78 is 10.5. The van der Waals surface area contributed by atoms with Crippen LogP contribution in [-0.4, -0.2) is 12.7 Å². The molecule has 6 heteroatoms. The van der Waals surface area contributed by atoms with Crippen LogP contribution in [-0.2, 0) is 6.54 Å². The normalized spacial score (nSPS) is 12.3. The third kappa shape index (κ3) is 3.23. The van der Waals surface area contributed by atoms with E-state index in [0.717, 1.165) is 5.56 Å². The summed E-state index contributed by atoms with van der Waals surface area (Å²) in [5.41, 5.74) is 1.34. The first kappa shape index (κ1) is 14.0. The van der Waals surface area contributed by atoms with E-state index in [1.165, 1.54) is 0 Å². The lowest BCUT2D eigenvalue weighted by Gasteiger charge is -2.07. The van der Waals surface area contributed by atoms with Gasteiger partial charge in [0.2, 0.25) is 6.79 Å². The van der Waals surface area contributed by atoms with Crippen molar-refractivity contribution >= 4 is 29.1 Å². The summed E-state index contributed by atoms with van der Waals surface area (Å²) in [4.78, 5) is 12.1. The number of amides is 1. The average Bonchev–Trinajstić information content (AvgIpc) is 2.91. The van der Waals surface area contributed by atoms with E-state index in [1.807, 2.05) is 18.2 Å². The van der Waals surface area contributed by atoms with Crippen molar-refractivity contribution in [3.63, 3.8) is 0 Å². The van der Waals surface area contributed by atoms with E-state index in [1.54, 1.807) is 18.2 Å². The molecule has 0 saturated heterocycles. The second kappa shape index (κ2) is 5.84. The molecule has 21 heavy (non-hydrogen) atoms. The number of hydrogen-bond acceptors (Lipinski definition) is 3. The van der Waals surface area contributed by atoms with Gasteiger partial charge in [0.15, 0.2) is 11.5 Å². The molecule has 0 fully saturated rings. The van der Waals surface area contributed by atoms with Crippen LogP contribution < -0.4 is 14.8 Å². The van der Waals surface area contributed by atoms with Crippen LogP contribution in [0.4, 0.5) is 0 Å². The number of nitrogens with one attached hydrogen (secondary N) is 1. The zero-order chi connectivity index (χ0) is 14.8. The molecule has 0 aromatic heterocycles. The second-order valence-electron chi connectivity index (χ2n) is 4.53. The molecule has 1 heterocycles. The van der Waals surface area contributed by atoms with E-state index in [2.05, 4.69) is 5.32 Å². The van der Waals surface area contributed by atoms with Crippen molar-refractivity contribution in [3.8, 4) is 11.5 Å². The zero-order valence-electron chi connectivity index (χ0n) is 10.9. The summed E-state index contributed by atoms with van der Waals surface area (Å²) >= 11 is 11.8. The van der Waals surface area contributed by atoms with E-state index in [4.69, 9.17) is 32.7 Å². The molecule has 1 aliphatic rings. The first-order chi connectivity index (χ1) is 10.1. The Bertz CT molecular complexity index is 683. The summed E-state index contributed by atoms with van der Waals surface area (Å²) in [6.07, 6.45) is 0. The number of hydrogen-bond donors (Lipinski definition) is 1. The molecule has 2 aromatic carbocycles. The van der Waals surface area contributed by atoms with Gasteiger partial charge in [0.25, 0.3) is 5.91 Å². The van der Waals surface area contributed by atoms with Crippen molar-refractivity contribution in [2.75, 3.05) is 6.79 Å². The van der Waals surface area contributed by atoms with Gasteiger partial charge >= 0.3 is 0 Å². The van der Waals surface area contributed by atoms with E-state index >= 15 is 0 Å². The molecular formula is C15H11Cl2NO3. The minimum absolute atomic E-state index is 0.228.